The van der Waals surface area contributed by atoms with E-state index in [2.05, 4.69) is 15.8 Å². The molecule has 2 amide bonds. The van der Waals surface area contributed by atoms with Crippen LogP contribution in [0.1, 0.15) is 31.8 Å². The lowest BCUT2D eigenvalue weighted by atomic mass is 10.1. The number of amides is 2. The van der Waals surface area contributed by atoms with E-state index in [1.807, 2.05) is 11.0 Å². The average molecular weight is 525 g/mol. The fourth-order valence-electron chi connectivity index (χ4n) is 3.55. The molecule has 0 heterocycles. The largest absolute Gasteiger partial charge is 0.497 e. The molecular weight excluding hydrogens is 496 g/mol. The summed E-state index contributed by atoms with van der Waals surface area (Å²) in [6.45, 7) is 1.20. The third-order valence-electron chi connectivity index (χ3n) is 5.40. The number of hydrogen-bond donors (Lipinski definition) is 4. The maximum atomic E-state index is 13.0. The molecule has 3 aromatic rings. The van der Waals surface area contributed by atoms with E-state index < -0.39 is 11.8 Å². The summed E-state index contributed by atoms with van der Waals surface area (Å²) in [5.41, 5.74) is 4.88. The molecule has 4 N–H and O–H groups in total. The van der Waals surface area contributed by atoms with Crippen molar-refractivity contribution in [2.75, 3.05) is 38.7 Å². The van der Waals surface area contributed by atoms with Crippen molar-refractivity contribution in [1.29, 1.82) is 0 Å². The smallest absolute Gasteiger partial charge is 0.273 e. The Hall–Kier alpha value is -3.76. The molecule has 0 spiro atoms. The molecule has 10 heteroatoms. The molecule has 194 valence electrons. The van der Waals surface area contributed by atoms with Crippen molar-refractivity contribution in [2.24, 2.45) is 5.10 Å². The summed E-state index contributed by atoms with van der Waals surface area (Å²) in [6, 6.07) is 18.7. The van der Waals surface area contributed by atoms with Gasteiger partial charge in [-0.1, -0.05) is 23.7 Å². The Labute approximate surface area is 220 Å². The van der Waals surface area contributed by atoms with E-state index >= 15 is 0 Å². The molecule has 0 radical (unpaired) electrons. The van der Waals surface area contributed by atoms with Crippen LogP contribution in [0.25, 0.3) is 0 Å². The first kappa shape index (κ1) is 27.8. The molecule has 3 rings (SSSR count). The molecule has 0 bridgehead atoms. The topological polar surface area (TPSA) is 123 Å². The molecule has 0 aliphatic carbocycles. The SMILES string of the molecule is COc1ccc(/C=N/NC(=O)c2cc(Cl)ccc2NC(=O)c2cccc(CN(CCO)CCO)c2)cc1. The van der Waals surface area contributed by atoms with Crippen LogP contribution in [0.15, 0.2) is 71.8 Å². The van der Waals surface area contributed by atoms with Crippen LogP contribution < -0.4 is 15.5 Å². The molecule has 0 unspecified atom stereocenters. The second kappa shape index (κ2) is 14.1. The van der Waals surface area contributed by atoms with E-state index in [-0.39, 0.29) is 24.5 Å². The highest BCUT2D eigenvalue weighted by Gasteiger charge is 2.16. The molecule has 0 atom stereocenters. The Balaban J connectivity index is 1.71. The quantitative estimate of drug-likeness (QED) is 0.213. The number of aliphatic hydroxyl groups is 2. The van der Waals surface area contributed by atoms with Gasteiger partial charge in [0.1, 0.15) is 5.75 Å². The van der Waals surface area contributed by atoms with Crippen molar-refractivity contribution < 1.29 is 24.5 Å². The summed E-state index contributed by atoms with van der Waals surface area (Å²) in [4.78, 5) is 27.7. The van der Waals surface area contributed by atoms with Gasteiger partial charge in [-0.25, -0.2) is 5.43 Å². The predicted molar refractivity (Wildman–Crippen MR) is 143 cm³/mol. The number of hydrazone groups is 1. The Kier molecular flexibility index (Phi) is 10.6. The second-order valence-electron chi connectivity index (χ2n) is 8.04. The van der Waals surface area contributed by atoms with E-state index in [9.17, 15) is 19.8 Å². The highest BCUT2D eigenvalue weighted by atomic mass is 35.5. The lowest BCUT2D eigenvalue weighted by molar-refractivity contribution is 0.0956. The van der Waals surface area contributed by atoms with Crippen molar-refractivity contribution in [3.8, 4) is 5.75 Å². The number of rotatable bonds is 12. The Morgan fingerprint density at radius 2 is 1.73 bits per heavy atom. The lowest BCUT2D eigenvalue weighted by Crippen LogP contribution is -2.29. The number of carbonyl (C=O) groups is 2. The van der Waals surface area contributed by atoms with Crippen LogP contribution in [-0.4, -0.2) is 66.6 Å². The van der Waals surface area contributed by atoms with Gasteiger partial charge in [0, 0.05) is 30.2 Å². The minimum absolute atomic E-state index is 0.0360. The van der Waals surface area contributed by atoms with Crippen molar-refractivity contribution in [1.82, 2.24) is 10.3 Å². The van der Waals surface area contributed by atoms with Gasteiger partial charge in [-0.3, -0.25) is 14.5 Å². The molecule has 9 nitrogen and oxygen atoms in total. The fraction of sp³-hybridized carbons (Fsp3) is 0.222. The lowest BCUT2D eigenvalue weighted by Gasteiger charge is -2.20. The van der Waals surface area contributed by atoms with Gasteiger partial charge >= 0.3 is 0 Å². The zero-order chi connectivity index (χ0) is 26.6. The molecule has 0 aliphatic rings. The molecule has 0 aliphatic heterocycles. The van der Waals surface area contributed by atoms with E-state index in [0.29, 0.717) is 36.0 Å². The van der Waals surface area contributed by atoms with E-state index in [0.717, 1.165) is 11.1 Å². The highest BCUT2D eigenvalue weighted by molar-refractivity contribution is 6.31. The molecule has 0 fully saturated rings. The zero-order valence-corrected chi connectivity index (χ0v) is 21.1. The zero-order valence-electron chi connectivity index (χ0n) is 20.4. The highest BCUT2D eigenvalue weighted by Crippen LogP contribution is 2.22. The van der Waals surface area contributed by atoms with Crippen molar-refractivity contribution in [3.05, 3.63) is 94.0 Å². The summed E-state index contributed by atoms with van der Waals surface area (Å²) in [7, 11) is 1.58. The minimum atomic E-state index is -0.542. The number of aliphatic hydroxyl groups excluding tert-OH is 2. The van der Waals surface area contributed by atoms with E-state index in [4.69, 9.17) is 16.3 Å². The van der Waals surface area contributed by atoms with Crippen LogP contribution in [0.3, 0.4) is 0 Å². The summed E-state index contributed by atoms with van der Waals surface area (Å²) in [5, 5.41) is 25.5. The number of hydrogen-bond acceptors (Lipinski definition) is 7. The van der Waals surface area contributed by atoms with Crippen molar-refractivity contribution in [2.45, 2.75) is 6.54 Å². The van der Waals surface area contributed by atoms with Crippen LogP contribution in [-0.2, 0) is 6.54 Å². The minimum Gasteiger partial charge on any atom is -0.497 e. The van der Waals surface area contributed by atoms with Gasteiger partial charge in [0.2, 0.25) is 0 Å². The first-order chi connectivity index (χ1) is 17.9. The maximum Gasteiger partial charge on any atom is 0.273 e. The molecule has 0 aromatic heterocycles. The number of anilines is 1. The fourth-order valence-corrected chi connectivity index (χ4v) is 3.72. The summed E-state index contributed by atoms with van der Waals surface area (Å²) < 4.78 is 5.12. The molecule has 0 saturated heterocycles. The van der Waals surface area contributed by atoms with E-state index in [1.165, 1.54) is 12.3 Å². The normalized spacial score (nSPS) is 11.1. The van der Waals surface area contributed by atoms with Gasteiger partial charge in [-0.15, -0.1) is 0 Å². The Morgan fingerprint density at radius 1 is 1.00 bits per heavy atom. The van der Waals surface area contributed by atoms with Crippen molar-refractivity contribution in [3.63, 3.8) is 0 Å². The van der Waals surface area contributed by atoms with Gasteiger partial charge in [0.15, 0.2) is 0 Å². The van der Waals surface area contributed by atoms with Crippen LogP contribution in [0, 0.1) is 0 Å². The number of methoxy groups -OCH3 is 1. The molecule has 37 heavy (non-hydrogen) atoms. The van der Waals surface area contributed by atoms with Gasteiger partial charge in [0.25, 0.3) is 11.8 Å². The molecule has 3 aromatic carbocycles. The van der Waals surface area contributed by atoms with Crippen LogP contribution in [0.5, 0.6) is 5.75 Å². The van der Waals surface area contributed by atoms with E-state index in [1.54, 1.807) is 61.7 Å². The number of nitrogens with one attached hydrogen (secondary N) is 2. The first-order valence-electron chi connectivity index (χ1n) is 11.5. The number of nitrogens with zero attached hydrogens (tertiary/aromatic N) is 2. The average Bonchev–Trinajstić information content (AvgIpc) is 2.90. The van der Waals surface area contributed by atoms with Gasteiger partial charge in [-0.05, 0) is 65.7 Å². The second-order valence-corrected chi connectivity index (χ2v) is 8.48. The Morgan fingerprint density at radius 3 is 2.41 bits per heavy atom. The number of halogens is 1. The Bertz CT molecular complexity index is 1230. The number of ether oxygens (including phenoxy) is 1. The maximum absolute atomic E-state index is 13.0. The van der Waals surface area contributed by atoms with Crippen molar-refractivity contribution >= 4 is 35.3 Å². The molecule has 0 saturated carbocycles. The summed E-state index contributed by atoms with van der Waals surface area (Å²) in [5.74, 6) is -0.241. The first-order valence-corrected chi connectivity index (χ1v) is 11.9. The number of benzene rings is 3. The van der Waals surface area contributed by atoms with Crippen LogP contribution in [0.2, 0.25) is 5.02 Å². The molecular formula is C27H29ClN4O5. The predicted octanol–water partition coefficient (Wildman–Crippen LogP) is 3.15. The monoisotopic (exact) mass is 524 g/mol. The van der Waals surface area contributed by atoms with Gasteiger partial charge < -0.3 is 20.3 Å². The number of carbonyl (C=O) groups excluding carboxylic acids is 2. The van der Waals surface area contributed by atoms with Gasteiger partial charge in [-0.2, -0.15) is 5.10 Å². The summed E-state index contributed by atoms with van der Waals surface area (Å²) >= 11 is 6.11. The van der Waals surface area contributed by atoms with Crippen LogP contribution >= 0.6 is 11.6 Å². The standard InChI is InChI=1S/C27H29ClN4O5/c1-37-23-8-5-19(6-9-23)17-29-31-27(36)24-16-22(28)7-10-25(24)30-26(35)21-4-2-3-20(15-21)18-32(11-13-33)12-14-34/h2-10,15-17,33-34H,11-14,18H2,1H3,(H,30,35)(H,31,36)/b29-17+. The summed E-state index contributed by atoms with van der Waals surface area (Å²) in [6.07, 6.45) is 1.49. The van der Waals surface area contributed by atoms with Crippen LogP contribution in [0.4, 0.5) is 5.69 Å². The third-order valence-corrected chi connectivity index (χ3v) is 5.63. The van der Waals surface area contributed by atoms with Gasteiger partial charge in [0.05, 0.1) is 37.8 Å². The third kappa shape index (κ3) is 8.40.